The molecule has 0 heterocycles. The van der Waals surface area contributed by atoms with Crippen LogP contribution in [0.25, 0.3) is 0 Å². The number of hydrogen-bond donors (Lipinski definition) is 2. The van der Waals surface area contributed by atoms with Crippen molar-refractivity contribution in [2.45, 2.75) is 32.2 Å². The normalized spacial score (nSPS) is 13.6. The smallest absolute Gasteiger partial charge is 0.416 e. The average molecular weight is 277 g/mol. The molecule has 0 bridgehead atoms. The summed E-state index contributed by atoms with van der Waals surface area (Å²) in [6.07, 6.45) is -5.16. The van der Waals surface area contributed by atoms with Gasteiger partial charge in [-0.25, -0.2) is 0 Å². The van der Waals surface area contributed by atoms with E-state index in [4.69, 9.17) is 4.74 Å². The van der Waals surface area contributed by atoms with Gasteiger partial charge in [0.15, 0.2) is 0 Å². The fourth-order valence-corrected chi connectivity index (χ4v) is 1.39. The lowest BCUT2D eigenvalue weighted by molar-refractivity contribution is -0.137. The standard InChI is InChI=1S/C13H18F3NO2/c1-9(2)17-7-11(18)8-19-12-5-3-4-10(6-12)13(14,15)16/h3-6,9,11,17-18H,7-8H2,1-2H3. The molecule has 1 atom stereocenters. The minimum absolute atomic E-state index is 0.0545. The van der Waals surface area contributed by atoms with Gasteiger partial charge in [-0.3, -0.25) is 0 Å². The monoisotopic (exact) mass is 277 g/mol. The third kappa shape index (κ3) is 5.94. The molecule has 0 spiro atoms. The molecule has 6 heteroatoms. The molecule has 19 heavy (non-hydrogen) atoms. The van der Waals surface area contributed by atoms with E-state index in [-0.39, 0.29) is 18.4 Å². The van der Waals surface area contributed by atoms with E-state index in [1.165, 1.54) is 12.1 Å². The minimum Gasteiger partial charge on any atom is -0.491 e. The van der Waals surface area contributed by atoms with Crippen molar-refractivity contribution in [3.8, 4) is 5.75 Å². The quantitative estimate of drug-likeness (QED) is 0.839. The highest BCUT2D eigenvalue weighted by Gasteiger charge is 2.30. The largest absolute Gasteiger partial charge is 0.491 e. The Hall–Kier alpha value is -1.27. The van der Waals surface area contributed by atoms with Gasteiger partial charge in [-0.2, -0.15) is 13.2 Å². The zero-order valence-corrected chi connectivity index (χ0v) is 10.9. The average Bonchev–Trinajstić information content (AvgIpc) is 2.33. The van der Waals surface area contributed by atoms with Gasteiger partial charge in [-0.15, -0.1) is 0 Å². The molecule has 0 saturated carbocycles. The fourth-order valence-electron chi connectivity index (χ4n) is 1.39. The molecule has 0 aliphatic heterocycles. The molecular weight excluding hydrogens is 259 g/mol. The summed E-state index contributed by atoms with van der Waals surface area (Å²) >= 11 is 0. The Kier molecular flexibility index (Phi) is 5.62. The number of benzene rings is 1. The summed E-state index contributed by atoms with van der Waals surface area (Å²) in [6.45, 7) is 4.14. The first-order valence-corrected chi connectivity index (χ1v) is 6.00. The second-order valence-electron chi connectivity index (χ2n) is 4.55. The highest BCUT2D eigenvalue weighted by molar-refractivity contribution is 5.30. The first-order valence-electron chi connectivity index (χ1n) is 6.00. The van der Waals surface area contributed by atoms with E-state index in [9.17, 15) is 18.3 Å². The second kappa shape index (κ2) is 6.77. The van der Waals surface area contributed by atoms with E-state index in [1.54, 1.807) is 0 Å². The molecule has 1 rings (SSSR count). The number of halogens is 3. The van der Waals surface area contributed by atoms with E-state index in [1.807, 2.05) is 13.8 Å². The Balaban J connectivity index is 2.49. The summed E-state index contributed by atoms with van der Waals surface area (Å²) in [7, 11) is 0. The summed E-state index contributed by atoms with van der Waals surface area (Å²) in [5.41, 5.74) is -0.764. The maximum atomic E-state index is 12.5. The summed E-state index contributed by atoms with van der Waals surface area (Å²) in [6, 6.07) is 4.82. The zero-order valence-electron chi connectivity index (χ0n) is 10.9. The van der Waals surface area contributed by atoms with Crippen LogP contribution in [0.4, 0.5) is 13.2 Å². The van der Waals surface area contributed by atoms with E-state index in [2.05, 4.69) is 5.32 Å². The predicted octanol–water partition coefficient (Wildman–Crippen LogP) is 2.44. The minimum atomic E-state index is -4.39. The zero-order chi connectivity index (χ0) is 14.5. The van der Waals surface area contributed by atoms with Crippen molar-refractivity contribution in [2.75, 3.05) is 13.2 Å². The lowest BCUT2D eigenvalue weighted by Gasteiger charge is -2.15. The third-order valence-electron chi connectivity index (χ3n) is 2.37. The molecule has 3 nitrogen and oxygen atoms in total. The Morgan fingerprint density at radius 3 is 2.58 bits per heavy atom. The van der Waals surface area contributed by atoms with E-state index in [0.29, 0.717) is 6.54 Å². The lowest BCUT2D eigenvalue weighted by atomic mass is 10.2. The van der Waals surface area contributed by atoms with Crippen LogP contribution in [-0.2, 0) is 6.18 Å². The molecule has 2 N–H and O–H groups in total. The van der Waals surface area contributed by atoms with Gasteiger partial charge < -0.3 is 15.2 Å². The van der Waals surface area contributed by atoms with Crippen LogP contribution in [0.5, 0.6) is 5.75 Å². The molecule has 0 aliphatic carbocycles. The third-order valence-corrected chi connectivity index (χ3v) is 2.37. The summed E-state index contributed by atoms with van der Waals surface area (Å²) in [5, 5.41) is 12.6. The van der Waals surface area contributed by atoms with Crippen molar-refractivity contribution >= 4 is 0 Å². The van der Waals surface area contributed by atoms with Crippen LogP contribution in [0.3, 0.4) is 0 Å². The van der Waals surface area contributed by atoms with Gasteiger partial charge in [0.1, 0.15) is 18.5 Å². The number of ether oxygens (including phenoxy) is 1. The number of aliphatic hydroxyl groups excluding tert-OH is 1. The molecule has 0 aromatic heterocycles. The van der Waals surface area contributed by atoms with Crippen LogP contribution in [-0.4, -0.2) is 30.4 Å². The Morgan fingerprint density at radius 2 is 2.00 bits per heavy atom. The first-order chi connectivity index (χ1) is 8.79. The molecule has 0 saturated heterocycles. The van der Waals surface area contributed by atoms with Crippen LogP contribution in [0, 0.1) is 0 Å². The van der Waals surface area contributed by atoms with E-state index >= 15 is 0 Å². The van der Waals surface area contributed by atoms with Crippen LogP contribution in [0.1, 0.15) is 19.4 Å². The van der Waals surface area contributed by atoms with Crippen LogP contribution < -0.4 is 10.1 Å². The molecule has 1 aromatic carbocycles. The van der Waals surface area contributed by atoms with E-state index in [0.717, 1.165) is 12.1 Å². The van der Waals surface area contributed by atoms with Crippen molar-refractivity contribution < 1.29 is 23.0 Å². The number of nitrogens with one attached hydrogen (secondary N) is 1. The maximum absolute atomic E-state index is 12.5. The van der Waals surface area contributed by atoms with Crippen LogP contribution >= 0.6 is 0 Å². The summed E-state index contributed by atoms with van der Waals surface area (Å²) < 4.78 is 42.5. The SMILES string of the molecule is CC(C)NCC(O)COc1cccc(C(F)(F)F)c1. The molecular formula is C13H18F3NO2. The second-order valence-corrected chi connectivity index (χ2v) is 4.55. The summed E-state index contributed by atoms with van der Waals surface area (Å²) in [4.78, 5) is 0. The molecule has 0 fully saturated rings. The van der Waals surface area contributed by atoms with Gasteiger partial charge in [0.25, 0.3) is 0 Å². The van der Waals surface area contributed by atoms with Crippen molar-refractivity contribution in [1.29, 1.82) is 0 Å². The number of aliphatic hydroxyl groups is 1. The highest BCUT2D eigenvalue weighted by Crippen LogP contribution is 2.31. The number of alkyl halides is 3. The Morgan fingerprint density at radius 1 is 1.32 bits per heavy atom. The van der Waals surface area contributed by atoms with Gasteiger partial charge >= 0.3 is 6.18 Å². The summed E-state index contributed by atoms with van der Waals surface area (Å²) in [5.74, 6) is 0.0958. The van der Waals surface area contributed by atoms with Crippen molar-refractivity contribution in [3.05, 3.63) is 29.8 Å². The molecule has 1 unspecified atom stereocenters. The topological polar surface area (TPSA) is 41.5 Å². The molecule has 108 valence electrons. The molecule has 0 radical (unpaired) electrons. The van der Waals surface area contributed by atoms with Crippen molar-refractivity contribution in [1.82, 2.24) is 5.32 Å². The van der Waals surface area contributed by atoms with Gasteiger partial charge in [0, 0.05) is 12.6 Å². The van der Waals surface area contributed by atoms with Crippen molar-refractivity contribution in [3.63, 3.8) is 0 Å². The van der Waals surface area contributed by atoms with Gasteiger partial charge in [-0.05, 0) is 18.2 Å². The van der Waals surface area contributed by atoms with Crippen molar-refractivity contribution in [2.24, 2.45) is 0 Å². The predicted molar refractivity (Wildman–Crippen MR) is 66.1 cm³/mol. The van der Waals surface area contributed by atoms with Gasteiger partial charge in [0.2, 0.25) is 0 Å². The molecule has 0 aliphatic rings. The van der Waals surface area contributed by atoms with Crippen LogP contribution in [0.15, 0.2) is 24.3 Å². The Labute approximate surface area is 110 Å². The highest BCUT2D eigenvalue weighted by atomic mass is 19.4. The van der Waals surface area contributed by atoms with Crippen LogP contribution in [0.2, 0.25) is 0 Å². The maximum Gasteiger partial charge on any atom is 0.416 e. The number of hydrogen-bond acceptors (Lipinski definition) is 3. The first kappa shape index (κ1) is 15.8. The fraction of sp³-hybridized carbons (Fsp3) is 0.538. The lowest BCUT2D eigenvalue weighted by Crippen LogP contribution is -2.35. The Bertz CT molecular complexity index is 394. The molecule has 0 amide bonds. The van der Waals surface area contributed by atoms with Gasteiger partial charge in [-0.1, -0.05) is 19.9 Å². The van der Waals surface area contributed by atoms with E-state index < -0.39 is 17.8 Å². The number of rotatable bonds is 6. The van der Waals surface area contributed by atoms with Gasteiger partial charge in [0.05, 0.1) is 5.56 Å². The molecule has 1 aromatic rings.